The van der Waals surface area contributed by atoms with Gasteiger partial charge in [-0.3, -0.25) is 4.68 Å². The highest BCUT2D eigenvalue weighted by atomic mass is 19.1. The van der Waals surface area contributed by atoms with E-state index in [1.807, 2.05) is 20.0 Å². The molecule has 0 radical (unpaired) electrons. The molecule has 3 aromatic rings. The van der Waals surface area contributed by atoms with Gasteiger partial charge in [0.2, 0.25) is 0 Å². The summed E-state index contributed by atoms with van der Waals surface area (Å²) in [6, 6.07) is 5.90. The lowest BCUT2D eigenvalue weighted by atomic mass is 10.1. The fourth-order valence-corrected chi connectivity index (χ4v) is 2.33. The first kappa shape index (κ1) is 11.9. The molecule has 0 saturated heterocycles. The fourth-order valence-electron chi connectivity index (χ4n) is 2.33. The minimum Gasteiger partial charge on any atom is -0.459 e. The zero-order valence-corrected chi connectivity index (χ0v) is 10.7. The van der Waals surface area contributed by atoms with Gasteiger partial charge in [-0.15, -0.1) is 0 Å². The van der Waals surface area contributed by atoms with E-state index in [0.717, 1.165) is 16.6 Å². The van der Waals surface area contributed by atoms with Crippen LogP contribution in [0.4, 0.5) is 4.39 Å². The van der Waals surface area contributed by atoms with Crippen LogP contribution in [0.1, 0.15) is 23.1 Å². The molecule has 0 spiro atoms. The Morgan fingerprint density at radius 3 is 2.84 bits per heavy atom. The molecule has 0 amide bonds. The highest BCUT2D eigenvalue weighted by molar-refractivity contribution is 5.82. The van der Waals surface area contributed by atoms with Crippen LogP contribution in [-0.2, 0) is 7.05 Å². The maximum Gasteiger partial charge on any atom is 0.134 e. The molecule has 3 rings (SSSR count). The minimum atomic E-state index is -0.414. The molecule has 0 aliphatic heterocycles. The van der Waals surface area contributed by atoms with E-state index in [1.165, 1.54) is 12.1 Å². The van der Waals surface area contributed by atoms with Gasteiger partial charge in [0, 0.05) is 24.2 Å². The van der Waals surface area contributed by atoms with Crippen molar-refractivity contribution in [1.82, 2.24) is 9.78 Å². The highest BCUT2D eigenvalue weighted by Crippen LogP contribution is 2.31. The van der Waals surface area contributed by atoms with Crippen molar-refractivity contribution >= 4 is 11.0 Å². The SMILES string of the molecule is Cc1c(C(N)c2ccnn2C)oc2ccc(F)cc12. The summed E-state index contributed by atoms with van der Waals surface area (Å²) in [5, 5.41) is 4.85. The number of aromatic nitrogens is 2. The molecule has 0 aliphatic rings. The second-order valence-electron chi connectivity index (χ2n) is 4.59. The number of nitrogens with two attached hydrogens (primary N) is 1. The standard InChI is InChI=1S/C14H14FN3O/c1-8-10-7-9(15)3-4-12(10)19-14(8)13(16)11-5-6-17-18(11)2/h3-7,13H,16H2,1-2H3. The van der Waals surface area contributed by atoms with Gasteiger partial charge >= 0.3 is 0 Å². The van der Waals surface area contributed by atoms with E-state index in [-0.39, 0.29) is 5.82 Å². The third-order valence-electron chi connectivity index (χ3n) is 3.40. The van der Waals surface area contributed by atoms with E-state index < -0.39 is 6.04 Å². The predicted molar refractivity (Wildman–Crippen MR) is 70.1 cm³/mol. The van der Waals surface area contributed by atoms with Crippen molar-refractivity contribution in [2.24, 2.45) is 12.8 Å². The molecule has 98 valence electrons. The number of rotatable bonds is 2. The second kappa shape index (κ2) is 4.20. The number of fused-ring (bicyclic) bond motifs is 1. The first-order valence-electron chi connectivity index (χ1n) is 6.00. The lowest BCUT2D eigenvalue weighted by molar-refractivity contribution is 0.505. The van der Waals surface area contributed by atoms with Crippen molar-refractivity contribution in [2.75, 3.05) is 0 Å². The summed E-state index contributed by atoms with van der Waals surface area (Å²) >= 11 is 0. The highest BCUT2D eigenvalue weighted by Gasteiger charge is 2.21. The molecule has 2 N–H and O–H groups in total. The van der Waals surface area contributed by atoms with Gasteiger partial charge in [0.25, 0.3) is 0 Å². The summed E-state index contributed by atoms with van der Waals surface area (Å²) in [6.45, 7) is 1.89. The predicted octanol–water partition coefficient (Wildman–Crippen LogP) is 2.66. The van der Waals surface area contributed by atoms with Gasteiger partial charge in [0.1, 0.15) is 23.2 Å². The smallest absolute Gasteiger partial charge is 0.134 e. The maximum atomic E-state index is 13.3. The van der Waals surface area contributed by atoms with E-state index in [2.05, 4.69) is 5.10 Å². The molecule has 0 bridgehead atoms. The van der Waals surface area contributed by atoms with Gasteiger partial charge in [0.15, 0.2) is 0 Å². The van der Waals surface area contributed by atoms with Crippen LogP contribution in [0.25, 0.3) is 11.0 Å². The number of furan rings is 1. The molecule has 1 aromatic carbocycles. The number of benzene rings is 1. The van der Waals surface area contributed by atoms with Crippen LogP contribution in [0.3, 0.4) is 0 Å². The number of nitrogens with zero attached hydrogens (tertiary/aromatic N) is 2. The molecular weight excluding hydrogens is 245 g/mol. The molecule has 5 heteroatoms. The van der Waals surface area contributed by atoms with Gasteiger partial charge < -0.3 is 10.2 Å². The van der Waals surface area contributed by atoms with E-state index in [4.69, 9.17) is 10.2 Å². The quantitative estimate of drug-likeness (QED) is 0.769. The van der Waals surface area contributed by atoms with E-state index in [0.29, 0.717) is 11.3 Å². The first-order chi connectivity index (χ1) is 9.08. The summed E-state index contributed by atoms with van der Waals surface area (Å²) in [5.41, 5.74) is 8.57. The number of hydrogen-bond donors (Lipinski definition) is 1. The lowest BCUT2D eigenvalue weighted by Gasteiger charge is -2.10. The second-order valence-corrected chi connectivity index (χ2v) is 4.59. The van der Waals surface area contributed by atoms with Crippen LogP contribution < -0.4 is 5.73 Å². The van der Waals surface area contributed by atoms with Crippen LogP contribution in [0.15, 0.2) is 34.9 Å². The first-order valence-corrected chi connectivity index (χ1v) is 6.00. The zero-order valence-electron chi connectivity index (χ0n) is 10.7. The van der Waals surface area contributed by atoms with Crippen LogP contribution in [-0.4, -0.2) is 9.78 Å². The largest absolute Gasteiger partial charge is 0.459 e. The Bertz CT molecular complexity index is 744. The minimum absolute atomic E-state index is 0.281. The molecular formula is C14H14FN3O. The Balaban J connectivity index is 2.15. The summed E-state index contributed by atoms with van der Waals surface area (Å²) < 4.78 is 20.7. The Labute approximate surface area is 109 Å². The third kappa shape index (κ3) is 1.82. The van der Waals surface area contributed by atoms with Crippen LogP contribution in [0.5, 0.6) is 0 Å². The molecule has 1 unspecified atom stereocenters. The molecule has 2 aromatic heterocycles. The van der Waals surface area contributed by atoms with Crippen LogP contribution in [0, 0.1) is 12.7 Å². The maximum absolute atomic E-state index is 13.3. The molecule has 0 saturated carbocycles. The number of aryl methyl sites for hydroxylation is 2. The Hall–Kier alpha value is -2.14. The normalized spacial score (nSPS) is 13.1. The molecule has 0 fully saturated rings. The van der Waals surface area contributed by atoms with Gasteiger partial charge in [-0.2, -0.15) is 5.10 Å². The topological polar surface area (TPSA) is 57.0 Å². The monoisotopic (exact) mass is 259 g/mol. The average Bonchev–Trinajstić information content (AvgIpc) is 2.94. The summed E-state index contributed by atoms with van der Waals surface area (Å²) in [4.78, 5) is 0. The van der Waals surface area contributed by atoms with Gasteiger partial charge in [-0.1, -0.05) is 0 Å². The Morgan fingerprint density at radius 1 is 1.37 bits per heavy atom. The molecule has 0 aliphatic carbocycles. The van der Waals surface area contributed by atoms with Crippen molar-refractivity contribution in [3.05, 3.63) is 53.3 Å². The number of hydrogen-bond acceptors (Lipinski definition) is 3. The number of halogens is 1. The van der Waals surface area contributed by atoms with Crippen molar-refractivity contribution < 1.29 is 8.81 Å². The lowest BCUT2D eigenvalue weighted by Crippen LogP contribution is -2.16. The third-order valence-corrected chi connectivity index (χ3v) is 3.40. The van der Waals surface area contributed by atoms with Crippen molar-refractivity contribution in [2.45, 2.75) is 13.0 Å². The Kier molecular flexibility index (Phi) is 2.64. The van der Waals surface area contributed by atoms with E-state index >= 15 is 0 Å². The van der Waals surface area contributed by atoms with Crippen molar-refractivity contribution in [1.29, 1.82) is 0 Å². The van der Waals surface area contributed by atoms with Crippen molar-refractivity contribution in [3.63, 3.8) is 0 Å². The van der Waals surface area contributed by atoms with Crippen LogP contribution >= 0.6 is 0 Å². The molecule has 19 heavy (non-hydrogen) atoms. The van der Waals surface area contributed by atoms with Gasteiger partial charge in [0.05, 0.1) is 5.69 Å². The van der Waals surface area contributed by atoms with E-state index in [9.17, 15) is 4.39 Å². The summed E-state index contributed by atoms with van der Waals surface area (Å²) in [6.07, 6.45) is 1.69. The molecule has 4 nitrogen and oxygen atoms in total. The van der Waals surface area contributed by atoms with Crippen LogP contribution in [0.2, 0.25) is 0 Å². The fraction of sp³-hybridized carbons (Fsp3) is 0.214. The summed E-state index contributed by atoms with van der Waals surface area (Å²) in [7, 11) is 1.83. The summed E-state index contributed by atoms with van der Waals surface area (Å²) in [5.74, 6) is 0.362. The molecule has 2 heterocycles. The average molecular weight is 259 g/mol. The van der Waals surface area contributed by atoms with E-state index in [1.54, 1.807) is 16.9 Å². The van der Waals surface area contributed by atoms with Gasteiger partial charge in [-0.25, -0.2) is 4.39 Å². The zero-order chi connectivity index (χ0) is 13.6. The van der Waals surface area contributed by atoms with Crippen molar-refractivity contribution in [3.8, 4) is 0 Å². The molecule has 1 atom stereocenters. The van der Waals surface area contributed by atoms with Gasteiger partial charge in [-0.05, 0) is 31.2 Å². The Morgan fingerprint density at radius 2 is 2.16 bits per heavy atom.